The van der Waals surface area contributed by atoms with Gasteiger partial charge in [-0.1, -0.05) is 0 Å². The predicted octanol–water partition coefficient (Wildman–Crippen LogP) is 1.36. The van der Waals surface area contributed by atoms with Gasteiger partial charge in [0.1, 0.15) is 0 Å². The molecule has 1 aromatic heterocycles. The van der Waals surface area contributed by atoms with Gasteiger partial charge in [-0.25, -0.2) is 0 Å². The van der Waals surface area contributed by atoms with Gasteiger partial charge in [0.2, 0.25) is 0 Å². The Balaban J connectivity index is 2.78. The third kappa shape index (κ3) is 1.81. The lowest BCUT2D eigenvalue weighted by Crippen LogP contribution is -2.10. The van der Waals surface area contributed by atoms with E-state index < -0.39 is 0 Å². The molecule has 12 heavy (non-hydrogen) atoms. The Kier molecular flexibility index (Phi) is 2.80. The Morgan fingerprint density at radius 2 is 2.08 bits per heavy atom. The van der Waals surface area contributed by atoms with Crippen molar-refractivity contribution in [3.8, 4) is 0 Å². The summed E-state index contributed by atoms with van der Waals surface area (Å²) in [6.45, 7) is 1.81. The van der Waals surface area contributed by atoms with Gasteiger partial charge in [-0.3, -0.25) is 9.78 Å². The van der Waals surface area contributed by atoms with Gasteiger partial charge in [0, 0.05) is 12.4 Å². The highest BCUT2D eigenvalue weighted by atomic mass is 16.5. The molecule has 0 aliphatic rings. The predicted molar refractivity (Wildman–Crippen MR) is 44.7 cm³/mol. The van der Waals surface area contributed by atoms with Crippen LogP contribution in [0.5, 0.6) is 0 Å². The highest BCUT2D eigenvalue weighted by molar-refractivity contribution is 5.77. The summed E-state index contributed by atoms with van der Waals surface area (Å²) >= 11 is 0. The molecule has 0 fully saturated rings. The molecule has 1 atom stereocenters. The lowest BCUT2D eigenvalue weighted by molar-refractivity contribution is -0.141. The molecule has 0 amide bonds. The lowest BCUT2D eigenvalue weighted by Gasteiger charge is -2.07. The first kappa shape index (κ1) is 8.71. The fourth-order valence-corrected chi connectivity index (χ4v) is 0.965. The van der Waals surface area contributed by atoms with Crippen molar-refractivity contribution in [1.82, 2.24) is 4.98 Å². The number of aromatic nitrogens is 1. The number of methoxy groups -OCH3 is 1. The van der Waals surface area contributed by atoms with E-state index >= 15 is 0 Å². The number of ether oxygens (including phenoxy) is 1. The molecule has 0 aromatic carbocycles. The minimum Gasteiger partial charge on any atom is -0.469 e. The highest BCUT2D eigenvalue weighted by Crippen LogP contribution is 2.14. The van der Waals surface area contributed by atoms with Crippen LogP contribution in [-0.4, -0.2) is 18.1 Å². The smallest absolute Gasteiger partial charge is 0.312 e. The average molecular weight is 165 g/mol. The molecule has 0 aliphatic heterocycles. The summed E-state index contributed by atoms with van der Waals surface area (Å²) in [5.74, 6) is -0.431. The largest absolute Gasteiger partial charge is 0.469 e. The number of esters is 1. The van der Waals surface area contributed by atoms with Crippen LogP contribution in [0.2, 0.25) is 0 Å². The standard InChI is InChI=1S/C9H11NO2/c1-7(9(11)12-2)8-3-5-10-6-4-8/h3-7H,1-2H3. The number of hydrogen-bond donors (Lipinski definition) is 0. The minimum absolute atomic E-state index is 0.210. The molecule has 3 heteroatoms. The van der Waals surface area contributed by atoms with E-state index in [2.05, 4.69) is 9.72 Å². The quantitative estimate of drug-likeness (QED) is 0.621. The summed E-state index contributed by atoms with van der Waals surface area (Å²) < 4.78 is 4.61. The van der Waals surface area contributed by atoms with E-state index in [9.17, 15) is 4.79 Å². The van der Waals surface area contributed by atoms with E-state index in [1.165, 1.54) is 7.11 Å². The molecule has 0 saturated carbocycles. The van der Waals surface area contributed by atoms with Crippen LogP contribution in [0.3, 0.4) is 0 Å². The Bertz CT molecular complexity index is 258. The van der Waals surface area contributed by atoms with E-state index in [1.807, 2.05) is 12.1 Å². The Morgan fingerprint density at radius 1 is 1.50 bits per heavy atom. The summed E-state index contributed by atoms with van der Waals surface area (Å²) in [5.41, 5.74) is 0.928. The first-order valence-corrected chi connectivity index (χ1v) is 3.73. The van der Waals surface area contributed by atoms with Crippen molar-refractivity contribution in [2.24, 2.45) is 0 Å². The number of nitrogens with zero attached hydrogens (tertiary/aromatic N) is 1. The fraction of sp³-hybridized carbons (Fsp3) is 0.333. The number of pyridine rings is 1. The van der Waals surface area contributed by atoms with Crippen LogP contribution in [-0.2, 0) is 9.53 Å². The van der Waals surface area contributed by atoms with Gasteiger partial charge in [-0.05, 0) is 24.6 Å². The molecule has 0 spiro atoms. The maximum Gasteiger partial charge on any atom is 0.312 e. The number of hydrogen-bond acceptors (Lipinski definition) is 3. The van der Waals surface area contributed by atoms with Crippen molar-refractivity contribution >= 4 is 5.97 Å². The van der Waals surface area contributed by atoms with Crippen molar-refractivity contribution in [2.45, 2.75) is 12.8 Å². The van der Waals surface area contributed by atoms with Crippen molar-refractivity contribution in [2.75, 3.05) is 7.11 Å². The molecule has 1 rings (SSSR count). The number of rotatable bonds is 2. The van der Waals surface area contributed by atoms with Crippen molar-refractivity contribution in [3.63, 3.8) is 0 Å². The lowest BCUT2D eigenvalue weighted by atomic mass is 10.0. The third-order valence-electron chi connectivity index (χ3n) is 1.76. The summed E-state index contributed by atoms with van der Waals surface area (Å²) in [6, 6.07) is 3.61. The maximum atomic E-state index is 11.1. The maximum absolute atomic E-state index is 11.1. The Hall–Kier alpha value is -1.38. The molecule has 1 aromatic rings. The second-order valence-electron chi connectivity index (χ2n) is 2.53. The third-order valence-corrected chi connectivity index (χ3v) is 1.76. The molecule has 0 radical (unpaired) electrons. The molecule has 3 nitrogen and oxygen atoms in total. The SMILES string of the molecule is COC(=O)C(C)c1ccncc1. The van der Waals surface area contributed by atoms with Crippen LogP contribution in [0.4, 0.5) is 0 Å². The molecule has 1 heterocycles. The van der Waals surface area contributed by atoms with E-state index in [0.717, 1.165) is 5.56 Å². The summed E-state index contributed by atoms with van der Waals surface area (Å²) in [6.07, 6.45) is 3.32. The van der Waals surface area contributed by atoms with Gasteiger partial charge in [0.25, 0.3) is 0 Å². The molecule has 0 bridgehead atoms. The van der Waals surface area contributed by atoms with Crippen LogP contribution in [0.15, 0.2) is 24.5 Å². The molecule has 64 valence electrons. The second-order valence-corrected chi connectivity index (χ2v) is 2.53. The van der Waals surface area contributed by atoms with Crippen LogP contribution < -0.4 is 0 Å². The fourth-order valence-electron chi connectivity index (χ4n) is 0.965. The van der Waals surface area contributed by atoms with Gasteiger partial charge in [-0.15, -0.1) is 0 Å². The van der Waals surface area contributed by atoms with Gasteiger partial charge < -0.3 is 4.74 Å². The molecule has 1 unspecified atom stereocenters. The monoisotopic (exact) mass is 165 g/mol. The zero-order valence-corrected chi connectivity index (χ0v) is 7.15. The minimum atomic E-state index is -0.221. The zero-order valence-electron chi connectivity index (χ0n) is 7.15. The molecule has 0 saturated heterocycles. The zero-order chi connectivity index (χ0) is 8.97. The normalized spacial score (nSPS) is 12.2. The average Bonchev–Trinajstić information content (AvgIpc) is 2.17. The first-order chi connectivity index (χ1) is 5.75. The van der Waals surface area contributed by atoms with Gasteiger partial charge in [-0.2, -0.15) is 0 Å². The van der Waals surface area contributed by atoms with Gasteiger partial charge in [0.15, 0.2) is 0 Å². The van der Waals surface area contributed by atoms with E-state index in [4.69, 9.17) is 0 Å². The van der Waals surface area contributed by atoms with Crippen LogP contribution >= 0.6 is 0 Å². The molecule has 0 N–H and O–H groups in total. The molecule has 0 aliphatic carbocycles. The second kappa shape index (κ2) is 3.85. The summed E-state index contributed by atoms with van der Waals surface area (Å²) in [4.78, 5) is 14.9. The van der Waals surface area contributed by atoms with E-state index in [0.29, 0.717) is 0 Å². The Labute approximate surface area is 71.4 Å². The number of carbonyl (C=O) groups is 1. The summed E-state index contributed by atoms with van der Waals surface area (Å²) in [7, 11) is 1.39. The van der Waals surface area contributed by atoms with Crippen molar-refractivity contribution in [1.29, 1.82) is 0 Å². The summed E-state index contributed by atoms with van der Waals surface area (Å²) in [5, 5.41) is 0. The van der Waals surface area contributed by atoms with Crippen molar-refractivity contribution in [3.05, 3.63) is 30.1 Å². The molecular formula is C9H11NO2. The topological polar surface area (TPSA) is 39.2 Å². The van der Waals surface area contributed by atoms with Crippen LogP contribution in [0.25, 0.3) is 0 Å². The first-order valence-electron chi connectivity index (χ1n) is 3.73. The van der Waals surface area contributed by atoms with E-state index in [1.54, 1.807) is 19.3 Å². The van der Waals surface area contributed by atoms with Crippen molar-refractivity contribution < 1.29 is 9.53 Å². The number of carbonyl (C=O) groups excluding carboxylic acids is 1. The highest BCUT2D eigenvalue weighted by Gasteiger charge is 2.14. The van der Waals surface area contributed by atoms with Gasteiger partial charge >= 0.3 is 5.97 Å². The Morgan fingerprint density at radius 3 is 2.58 bits per heavy atom. The van der Waals surface area contributed by atoms with Gasteiger partial charge in [0.05, 0.1) is 13.0 Å². The van der Waals surface area contributed by atoms with Crippen LogP contribution in [0.1, 0.15) is 18.4 Å². The molecular weight excluding hydrogens is 154 g/mol. The van der Waals surface area contributed by atoms with Crippen LogP contribution in [0, 0.1) is 0 Å². The van der Waals surface area contributed by atoms with E-state index in [-0.39, 0.29) is 11.9 Å².